The predicted molar refractivity (Wildman–Crippen MR) is 67.6 cm³/mol. The maximum atomic E-state index is 8.71. The first kappa shape index (κ1) is 11.5. The van der Waals surface area contributed by atoms with Gasteiger partial charge < -0.3 is 0 Å². The number of hydrogen-bond acceptors (Lipinski definition) is 5. The topological polar surface area (TPSA) is 47.6 Å². The minimum Gasteiger partial charge on any atom is -0.185 e. The summed E-state index contributed by atoms with van der Waals surface area (Å²) in [4.78, 5) is 0. The first-order valence-corrected chi connectivity index (χ1v) is 7.80. The lowest BCUT2D eigenvalue weighted by Crippen LogP contribution is -2.39. The second-order valence-electron chi connectivity index (χ2n) is 3.86. The average molecular weight is 256 g/mol. The van der Waals surface area contributed by atoms with Gasteiger partial charge in [-0.05, 0) is 49.2 Å². The summed E-state index contributed by atoms with van der Waals surface area (Å²) in [5.41, 5.74) is 0. The van der Waals surface area contributed by atoms with Gasteiger partial charge in [-0.2, -0.15) is 22.3 Å². The van der Waals surface area contributed by atoms with Gasteiger partial charge in [0.1, 0.15) is 10.8 Å². The number of thioether (sulfide) groups is 3. The van der Waals surface area contributed by atoms with E-state index in [-0.39, 0.29) is 0 Å². The second-order valence-corrected chi connectivity index (χ2v) is 7.39. The first-order chi connectivity index (χ1) is 7.35. The highest BCUT2D eigenvalue weighted by molar-refractivity contribution is 8.08. The number of hydrogen-bond donors (Lipinski definition) is 0. The first-order valence-electron chi connectivity index (χ1n) is 5.10. The van der Waals surface area contributed by atoms with E-state index in [1.165, 1.54) is 36.4 Å². The van der Waals surface area contributed by atoms with Gasteiger partial charge >= 0.3 is 0 Å². The van der Waals surface area contributed by atoms with E-state index in [2.05, 4.69) is 10.8 Å². The lowest BCUT2D eigenvalue weighted by atomic mass is 9.98. The van der Waals surface area contributed by atoms with Crippen LogP contribution < -0.4 is 0 Å². The number of fused-ring (bicyclic) bond motifs is 2. The van der Waals surface area contributed by atoms with Crippen molar-refractivity contribution in [3.05, 3.63) is 0 Å². The van der Waals surface area contributed by atoms with Crippen LogP contribution in [0.25, 0.3) is 0 Å². The van der Waals surface area contributed by atoms with Crippen LogP contribution in [0.5, 0.6) is 0 Å². The molecule has 0 N–H and O–H groups in total. The highest BCUT2D eigenvalue weighted by atomic mass is 32.2. The van der Waals surface area contributed by atoms with Gasteiger partial charge in [-0.1, -0.05) is 0 Å². The maximum absolute atomic E-state index is 8.71. The fourth-order valence-corrected chi connectivity index (χ4v) is 6.03. The summed E-state index contributed by atoms with van der Waals surface area (Å²) < 4.78 is 0. The molecule has 0 aromatic carbocycles. The average Bonchev–Trinajstić information content (AvgIpc) is 2.26. The lowest BCUT2D eigenvalue weighted by molar-refractivity contribution is 0.510. The Morgan fingerprint density at radius 3 is 1.73 bits per heavy atom. The van der Waals surface area contributed by atoms with E-state index in [9.17, 15) is 0 Å². The Bertz CT molecular complexity index is 277. The Morgan fingerprint density at radius 2 is 1.33 bits per heavy atom. The molecular formula is C10H12N2S3. The van der Waals surface area contributed by atoms with Gasteiger partial charge in [0.05, 0.1) is 0 Å². The molecule has 0 radical (unpaired) electrons. The van der Waals surface area contributed by atoms with Crippen LogP contribution in [0.2, 0.25) is 0 Å². The Morgan fingerprint density at radius 1 is 0.867 bits per heavy atom. The van der Waals surface area contributed by atoms with E-state index in [4.69, 9.17) is 10.5 Å². The zero-order chi connectivity index (χ0) is 10.7. The molecule has 2 nitrogen and oxygen atoms in total. The van der Waals surface area contributed by atoms with E-state index >= 15 is 0 Å². The van der Waals surface area contributed by atoms with Crippen molar-refractivity contribution in [2.75, 3.05) is 0 Å². The largest absolute Gasteiger partial charge is 0.185 e. The van der Waals surface area contributed by atoms with Gasteiger partial charge in [0, 0.05) is 21.0 Å². The predicted octanol–water partition coefficient (Wildman–Crippen LogP) is 3.21. The standard InChI is InChI=1S/C10H12N2S3/c11-5-13-7-1-3-9-8(14-6-12)2-4-10(7)15-9/h7-10H,1-4H2/t7-,8-,9-,10-/m1/s1. The SMILES string of the molecule is N#CS[C@@H]1CC[C@H]2S[C@@H]1CC[C@H]2SC#N. The molecule has 4 atom stereocenters. The van der Waals surface area contributed by atoms with Crippen molar-refractivity contribution in [2.24, 2.45) is 0 Å². The lowest BCUT2D eigenvalue weighted by Gasteiger charge is -2.41. The van der Waals surface area contributed by atoms with E-state index in [1.54, 1.807) is 0 Å². The normalized spacial score (nSPS) is 39.1. The molecule has 5 heteroatoms. The molecule has 15 heavy (non-hydrogen) atoms. The molecule has 2 saturated heterocycles. The number of nitriles is 2. The summed E-state index contributed by atoms with van der Waals surface area (Å²) >= 11 is 4.92. The Labute approximate surface area is 103 Å². The minimum absolute atomic E-state index is 0.532. The molecule has 0 aromatic rings. The quantitative estimate of drug-likeness (QED) is 0.710. The summed E-state index contributed by atoms with van der Waals surface area (Å²) in [6.07, 6.45) is 4.67. The van der Waals surface area contributed by atoms with Gasteiger partial charge in [0.2, 0.25) is 0 Å². The summed E-state index contributed by atoms with van der Waals surface area (Å²) in [6.45, 7) is 0. The molecule has 0 amide bonds. The third kappa shape index (κ3) is 2.58. The number of thiocyanates is 2. The summed E-state index contributed by atoms with van der Waals surface area (Å²) in [5.74, 6) is 0. The third-order valence-electron chi connectivity index (χ3n) is 3.06. The van der Waals surface area contributed by atoms with Crippen molar-refractivity contribution < 1.29 is 0 Å². The highest BCUT2D eigenvalue weighted by Gasteiger charge is 2.39. The molecule has 0 saturated carbocycles. The summed E-state index contributed by atoms with van der Waals surface area (Å²) in [7, 11) is 0. The van der Waals surface area contributed by atoms with Gasteiger partial charge in [0.25, 0.3) is 0 Å². The fraction of sp³-hybridized carbons (Fsp3) is 0.800. The van der Waals surface area contributed by atoms with Crippen molar-refractivity contribution in [3.8, 4) is 10.8 Å². The molecule has 2 rings (SSSR count). The zero-order valence-electron chi connectivity index (χ0n) is 8.26. The van der Waals surface area contributed by atoms with Gasteiger partial charge in [-0.25, -0.2) is 0 Å². The summed E-state index contributed by atoms with van der Waals surface area (Å²) in [5, 5.41) is 24.2. The van der Waals surface area contributed by atoms with Crippen molar-refractivity contribution in [2.45, 2.75) is 46.7 Å². The van der Waals surface area contributed by atoms with Crippen LogP contribution in [-0.4, -0.2) is 21.0 Å². The summed E-state index contributed by atoms with van der Waals surface area (Å²) in [6, 6.07) is 0. The van der Waals surface area contributed by atoms with Crippen LogP contribution in [0.4, 0.5) is 0 Å². The van der Waals surface area contributed by atoms with Crippen LogP contribution in [-0.2, 0) is 0 Å². The molecule has 0 aliphatic carbocycles. The Hall–Kier alpha value is 0.0300. The van der Waals surface area contributed by atoms with Gasteiger partial charge in [-0.3, -0.25) is 0 Å². The number of nitrogens with zero attached hydrogens (tertiary/aromatic N) is 2. The third-order valence-corrected chi connectivity index (χ3v) is 7.18. The second kappa shape index (κ2) is 5.39. The molecular weight excluding hydrogens is 244 g/mol. The molecule has 2 bridgehead atoms. The molecule has 0 aromatic heterocycles. The number of rotatable bonds is 2. The maximum Gasteiger partial charge on any atom is 0.133 e. The van der Waals surface area contributed by atoms with E-state index in [1.807, 2.05) is 11.8 Å². The molecule has 80 valence electrons. The molecule has 2 fully saturated rings. The molecule has 2 aliphatic heterocycles. The van der Waals surface area contributed by atoms with Crippen LogP contribution >= 0.6 is 35.3 Å². The van der Waals surface area contributed by atoms with Crippen molar-refractivity contribution >= 4 is 35.3 Å². The Balaban J connectivity index is 1.94. The Kier molecular flexibility index (Phi) is 4.13. The van der Waals surface area contributed by atoms with Crippen molar-refractivity contribution in [1.29, 1.82) is 10.5 Å². The van der Waals surface area contributed by atoms with Crippen LogP contribution in [0, 0.1) is 21.3 Å². The van der Waals surface area contributed by atoms with Crippen molar-refractivity contribution in [3.63, 3.8) is 0 Å². The van der Waals surface area contributed by atoms with Gasteiger partial charge in [0.15, 0.2) is 0 Å². The molecule has 0 spiro atoms. The van der Waals surface area contributed by atoms with E-state index in [0.29, 0.717) is 21.0 Å². The zero-order valence-corrected chi connectivity index (χ0v) is 10.7. The molecule has 2 heterocycles. The van der Waals surface area contributed by atoms with Gasteiger partial charge in [-0.15, -0.1) is 0 Å². The highest BCUT2D eigenvalue weighted by Crippen LogP contribution is 2.48. The smallest absolute Gasteiger partial charge is 0.133 e. The molecule has 0 unspecified atom stereocenters. The minimum atomic E-state index is 0.532. The molecule has 2 aliphatic rings. The van der Waals surface area contributed by atoms with Crippen LogP contribution in [0.15, 0.2) is 0 Å². The van der Waals surface area contributed by atoms with E-state index < -0.39 is 0 Å². The fourth-order valence-electron chi connectivity index (χ4n) is 2.34. The van der Waals surface area contributed by atoms with Crippen LogP contribution in [0.3, 0.4) is 0 Å². The van der Waals surface area contributed by atoms with Crippen molar-refractivity contribution in [1.82, 2.24) is 0 Å². The monoisotopic (exact) mass is 256 g/mol. The van der Waals surface area contributed by atoms with E-state index in [0.717, 1.165) is 12.8 Å². The van der Waals surface area contributed by atoms with Crippen LogP contribution in [0.1, 0.15) is 25.7 Å².